The van der Waals surface area contributed by atoms with Gasteiger partial charge in [-0.25, -0.2) is 19.4 Å². The molecule has 0 unspecified atom stereocenters. The zero-order chi connectivity index (χ0) is 21.5. The number of ether oxygens (including phenoxy) is 2. The number of amides is 2. The van der Waals surface area contributed by atoms with Crippen molar-refractivity contribution in [1.29, 1.82) is 0 Å². The molecule has 0 aromatic heterocycles. The van der Waals surface area contributed by atoms with Crippen LogP contribution in [-0.2, 0) is 16.0 Å². The van der Waals surface area contributed by atoms with Crippen LogP contribution in [0.1, 0.15) is 57.5 Å². The van der Waals surface area contributed by atoms with E-state index >= 15 is 0 Å². The third-order valence-corrected chi connectivity index (χ3v) is 2.83. The number of alkyl carbamates (subject to hydrolysis) is 2. The molecule has 9 nitrogen and oxygen atoms in total. The molecule has 0 atom stereocenters. The van der Waals surface area contributed by atoms with Gasteiger partial charge in [0, 0.05) is 0 Å². The number of guanidine groups is 1. The number of carboxylic acid groups (broad SMARTS) is 1. The van der Waals surface area contributed by atoms with Crippen molar-refractivity contribution < 1.29 is 29.0 Å². The van der Waals surface area contributed by atoms with Crippen LogP contribution in [0.15, 0.2) is 29.3 Å². The van der Waals surface area contributed by atoms with Crippen LogP contribution in [0.5, 0.6) is 0 Å². The highest BCUT2D eigenvalue weighted by Crippen LogP contribution is 2.09. The van der Waals surface area contributed by atoms with Crippen molar-refractivity contribution >= 4 is 24.1 Å². The number of aliphatic imine (C=N–C) groups is 1. The second kappa shape index (κ2) is 9.20. The van der Waals surface area contributed by atoms with E-state index in [2.05, 4.69) is 15.6 Å². The Morgan fingerprint density at radius 3 is 1.89 bits per heavy atom. The van der Waals surface area contributed by atoms with E-state index in [1.807, 2.05) is 0 Å². The molecule has 154 valence electrons. The Labute approximate surface area is 164 Å². The van der Waals surface area contributed by atoms with Crippen LogP contribution in [-0.4, -0.2) is 40.4 Å². The lowest BCUT2D eigenvalue weighted by Gasteiger charge is -2.22. The third-order valence-electron chi connectivity index (χ3n) is 2.83. The summed E-state index contributed by atoms with van der Waals surface area (Å²) in [7, 11) is 0. The third kappa shape index (κ3) is 9.56. The van der Waals surface area contributed by atoms with E-state index in [0.29, 0.717) is 5.56 Å². The van der Waals surface area contributed by atoms with Gasteiger partial charge in [0.1, 0.15) is 11.2 Å². The summed E-state index contributed by atoms with van der Waals surface area (Å²) in [5.74, 6) is -1.24. The minimum atomic E-state index is -1.06. The van der Waals surface area contributed by atoms with Crippen molar-refractivity contribution in [2.24, 2.45) is 4.99 Å². The first-order valence-corrected chi connectivity index (χ1v) is 8.62. The number of hydrogen-bond acceptors (Lipinski definition) is 6. The van der Waals surface area contributed by atoms with Crippen LogP contribution in [0.4, 0.5) is 9.59 Å². The first-order valence-electron chi connectivity index (χ1n) is 8.62. The Morgan fingerprint density at radius 1 is 0.964 bits per heavy atom. The quantitative estimate of drug-likeness (QED) is 0.534. The second-order valence-electron chi connectivity index (χ2n) is 7.92. The Kier molecular flexibility index (Phi) is 7.54. The van der Waals surface area contributed by atoms with Crippen molar-refractivity contribution in [3.8, 4) is 0 Å². The number of rotatable bonds is 3. The molecule has 0 aliphatic rings. The maximum absolute atomic E-state index is 12.0. The molecule has 1 rings (SSSR count). The minimum absolute atomic E-state index is 0.0159. The van der Waals surface area contributed by atoms with Gasteiger partial charge in [0.15, 0.2) is 0 Å². The predicted molar refractivity (Wildman–Crippen MR) is 103 cm³/mol. The molecule has 0 fully saturated rings. The molecule has 1 aromatic carbocycles. The van der Waals surface area contributed by atoms with E-state index in [-0.39, 0.29) is 18.1 Å². The van der Waals surface area contributed by atoms with Gasteiger partial charge < -0.3 is 14.6 Å². The second-order valence-corrected chi connectivity index (χ2v) is 7.92. The standard InChI is InChI=1S/C19H27N3O6/c1-18(2,3)27-16(25)21-15(22-17(26)28-19(4,5)6)20-11-12-8-7-9-13(10-12)14(23)24/h7-10H,11H2,1-6H3,(H,23,24)(H2,20,21,22,25,26). The number of carbonyl (C=O) groups is 3. The zero-order valence-corrected chi connectivity index (χ0v) is 17.0. The Bertz CT molecular complexity index is 728. The van der Waals surface area contributed by atoms with Crippen LogP contribution in [0.25, 0.3) is 0 Å². The summed E-state index contributed by atoms with van der Waals surface area (Å²) >= 11 is 0. The molecule has 0 saturated heterocycles. The fraction of sp³-hybridized carbons (Fsp3) is 0.474. The number of hydrogen-bond donors (Lipinski definition) is 3. The highest BCUT2D eigenvalue weighted by atomic mass is 16.6. The number of benzene rings is 1. The fourth-order valence-corrected chi connectivity index (χ4v) is 1.88. The number of nitrogens with one attached hydrogen (secondary N) is 2. The van der Waals surface area contributed by atoms with E-state index in [0.717, 1.165) is 0 Å². The van der Waals surface area contributed by atoms with Crippen molar-refractivity contribution in [3.05, 3.63) is 35.4 Å². The summed E-state index contributed by atoms with van der Waals surface area (Å²) in [6.07, 6.45) is -1.61. The van der Waals surface area contributed by atoms with Crippen LogP contribution < -0.4 is 10.6 Å². The number of carbonyl (C=O) groups excluding carboxylic acids is 2. The summed E-state index contributed by atoms with van der Waals surface area (Å²) in [4.78, 5) is 39.2. The summed E-state index contributed by atoms with van der Waals surface area (Å²) in [6, 6.07) is 6.16. The molecule has 2 amide bonds. The van der Waals surface area contributed by atoms with E-state index in [4.69, 9.17) is 14.6 Å². The molecule has 0 aliphatic heterocycles. The molecular formula is C19H27N3O6. The van der Waals surface area contributed by atoms with Crippen LogP contribution in [0, 0.1) is 0 Å². The number of carboxylic acids is 1. The van der Waals surface area contributed by atoms with E-state index in [1.54, 1.807) is 53.7 Å². The maximum Gasteiger partial charge on any atom is 0.414 e. The highest BCUT2D eigenvalue weighted by Gasteiger charge is 2.21. The van der Waals surface area contributed by atoms with Crippen LogP contribution in [0.2, 0.25) is 0 Å². The molecule has 9 heteroatoms. The van der Waals surface area contributed by atoms with Gasteiger partial charge in [0.2, 0.25) is 5.96 Å². The van der Waals surface area contributed by atoms with Gasteiger partial charge in [-0.3, -0.25) is 10.6 Å². The number of aromatic carboxylic acids is 1. The molecule has 3 N–H and O–H groups in total. The zero-order valence-electron chi connectivity index (χ0n) is 17.0. The summed E-state index contributed by atoms with van der Waals surface area (Å²) < 4.78 is 10.3. The Hall–Kier alpha value is -3.10. The SMILES string of the molecule is CC(C)(C)OC(=O)NC(=NCc1cccc(C(=O)O)c1)NC(=O)OC(C)(C)C. The first kappa shape index (κ1) is 22.9. The summed E-state index contributed by atoms with van der Waals surface area (Å²) in [6.45, 7) is 10.2. The van der Waals surface area contributed by atoms with Crippen LogP contribution in [0.3, 0.4) is 0 Å². The Balaban J connectivity index is 2.96. The highest BCUT2D eigenvalue weighted by molar-refractivity contribution is 6.01. The molecule has 0 aliphatic carbocycles. The lowest BCUT2D eigenvalue weighted by atomic mass is 10.1. The predicted octanol–water partition coefficient (Wildman–Crippen LogP) is 3.29. The minimum Gasteiger partial charge on any atom is -0.478 e. The molecular weight excluding hydrogens is 366 g/mol. The smallest absolute Gasteiger partial charge is 0.414 e. The molecule has 0 heterocycles. The lowest BCUT2D eigenvalue weighted by molar-refractivity contribution is 0.0543. The summed E-state index contributed by atoms with van der Waals surface area (Å²) in [5.41, 5.74) is -0.794. The molecule has 28 heavy (non-hydrogen) atoms. The van der Waals surface area contributed by atoms with Gasteiger partial charge in [0.05, 0.1) is 12.1 Å². The van der Waals surface area contributed by atoms with Crippen molar-refractivity contribution in [2.75, 3.05) is 0 Å². The van der Waals surface area contributed by atoms with Crippen molar-refractivity contribution in [2.45, 2.75) is 59.3 Å². The normalized spacial score (nSPS) is 11.2. The monoisotopic (exact) mass is 393 g/mol. The Morgan fingerprint density at radius 2 is 1.46 bits per heavy atom. The largest absolute Gasteiger partial charge is 0.478 e. The van der Waals surface area contributed by atoms with Gasteiger partial charge in [-0.2, -0.15) is 0 Å². The molecule has 0 spiro atoms. The first-order chi connectivity index (χ1) is 12.7. The van der Waals surface area contributed by atoms with Crippen LogP contribution >= 0.6 is 0 Å². The van der Waals surface area contributed by atoms with Gasteiger partial charge in [-0.1, -0.05) is 12.1 Å². The van der Waals surface area contributed by atoms with Gasteiger partial charge in [-0.05, 0) is 59.2 Å². The molecule has 0 saturated carbocycles. The van der Waals surface area contributed by atoms with E-state index < -0.39 is 29.4 Å². The van der Waals surface area contributed by atoms with Crippen molar-refractivity contribution in [3.63, 3.8) is 0 Å². The van der Waals surface area contributed by atoms with Crippen molar-refractivity contribution in [1.82, 2.24) is 10.6 Å². The molecule has 0 bridgehead atoms. The molecule has 0 radical (unpaired) electrons. The maximum atomic E-state index is 12.0. The lowest BCUT2D eigenvalue weighted by Crippen LogP contribution is -2.47. The summed E-state index contributed by atoms with van der Waals surface area (Å²) in [5, 5.41) is 13.8. The van der Waals surface area contributed by atoms with E-state index in [1.165, 1.54) is 12.1 Å². The van der Waals surface area contributed by atoms with Gasteiger partial charge >= 0.3 is 18.2 Å². The van der Waals surface area contributed by atoms with Gasteiger partial charge in [-0.15, -0.1) is 0 Å². The average Bonchev–Trinajstić information content (AvgIpc) is 2.49. The van der Waals surface area contributed by atoms with E-state index in [9.17, 15) is 14.4 Å². The average molecular weight is 393 g/mol. The number of nitrogens with zero attached hydrogens (tertiary/aromatic N) is 1. The fourth-order valence-electron chi connectivity index (χ4n) is 1.88. The van der Waals surface area contributed by atoms with Gasteiger partial charge in [0.25, 0.3) is 0 Å². The molecule has 1 aromatic rings. The topological polar surface area (TPSA) is 126 Å².